The van der Waals surface area contributed by atoms with Gasteiger partial charge in [-0.05, 0) is 45.2 Å². The average Bonchev–Trinajstić information content (AvgIpc) is 2.81. The minimum atomic E-state index is -2.70. The van der Waals surface area contributed by atoms with Crippen LogP contribution >= 0.6 is 12.8 Å². The molecule has 1 aromatic carbocycles. The van der Waals surface area contributed by atoms with E-state index in [4.69, 9.17) is 13.3 Å². The number of carbonyl (C=O) groups excluding carboxylic acids is 2. The van der Waals surface area contributed by atoms with E-state index in [1.165, 1.54) is 0 Å². The molecule has 8 heteroatoms. The van der Waals surface area contributed by atoms with Crippen LogP contribution in [0.3, 0.4) is 0 Å². The van der Waals surface area contributed by atoms with Crippen molar-refractivity contribution in [2.75, 3.05) is 19.8 Å². The molecule has 2 rings (SSSR count). The monoisotopic (exact) mass is 383 g/mol. The Hall–Kier alpha value is -1.19. The number of carbonyl (C=O) groups is 2. The number of nitrogens with zero attached hydrogens (tertiary/aromatic N) is 1. The second kappa shape index (κ2) is 8.95. The first-order chi connectivity index (χ1) is 12.0. The molecule has 1 heterocycles. The Morgan fingerprint density at radius 3 is 2.16 bits per heavy atom. The van der Waals surface area contributed by atoms with Gasteiger partial charge in [-0.15, -0.1) is 0 Å². The molecule has 2 amide bonds. The SMILES string of the molecule is CCO[Si](CCCc1cccc2c1C(=O)N(S)C2=O)(OCC)OCC. The number of benzene rings is 1. The maximum atomic E-state index is 12.3. The van der Waals surface area contributed by atoms with Crippen LogP contribution in [0, 0.1) is 0 Å². The largest absolute Gasteiger partial charge is 0.500 e. The highest BCUT2D eigenvalue weighted by Crippen LogP contribution is 2.29. The van der Waals surface area contributed by atoms with E-state index < -0.39 is 8.80 Å². The van der Waals surface area contributed by atoms with E-state index in [9.17, 15) is 9.59 Å². The number of rotatable bonds is 10. The molecule has 0 fully saturated rings. The number of aryl methyl sites for hydroxylation is 1. The van der Waals surface area contributed by atoms with Crippen molar-refractivity contribution >= 4 is 33.4 Å². The molecule has 0 saturated heterocycles. The highest BCUT2D eigenvalue weighted by molar-refractivity contribution is 7.79. The number of fused-ring (bicyclic) bond motifs is 1. The summed E-state index contributed by atoms with van der Waals surface area (Å²) in [5.74, 6) is -0.728. The number of imide groups is 1. The lowest BCUT2D eigenvalue weighted by atomic mass is 9.99. The zero-order valence-electron chi connectivity index (χ0n) is 14.9. The van der Waals surface area contributed by atoms with Crippen LogP contribution < -0.4 is 0 Å². The minimum absolute atomic E-state index is 0.359. The summed E-state index contributed by atoms with van der Waals surface area (Å²) in [5, 5.41) is 0. The molecular formula is C17H25NO5SSi. The van der Waals surface area contributed by atoms with Gasteiger partial charge in [-0.3, -0.25) is 9.59 Å². The van der Waals surface area contributed by atoms with E-state index in [1.807, 2.05) is 26.8 Å². The Balaban J connectivity index is 2.12. The molecule has 25 heavy (non-hydrogen) atoms. The molecule has 0 spiro atoms. The normalized spacial score (nSPS) is 14.3. The fourth-order valence-corrected chi connectivity index (χ4v) is 5.87. The Bertz CT molecular complexity index is 622. The summed E-state index contributed by atoms with van der Waals surface area (Å²) < 4.78 is 18.4. The zero-order chi connectivity index (χ0) is 18.4. The molecule has 1 aliphatic heterocycles. The van der Waals surface area contributed by atoms with Crippen molar-refractivity contribution in [1.82, 2.24) is 4.31 Å². The Labute approximate surface area is 155 Å². The van der Waals surface area contributed by atoms with E-state index >= 15 is 0 Å². The molecule has 0 aliphatic carbocycles. The third kappa shape index (κ3) is 4.32. The Morgan fingerprint density at radius 2 is 1.60 bits per heavy atom. The third-order valence-electron chi connectivity index (χ3n) is 4.00. The summed E-state index contributed by atoms with van der Waals surface area (Å²) in [5.41, 5.74) is 1.72. The molecule has 6 nitrogen and oxygen atoms in total. The van der Waals surface area contributed by atoms with Crippen molar-refractivity contribution in [3.63, 3.8) is 0 Å². The van der Waals surface area contributed by atoms with Crippen molar-refractivity contribution < 1.29 is 22.9 Å². The van der Waals surface area contributed by atoms with Crippen molar-refractivity contribution in [3.05, 3.63) is 34.9 Å². The van der Waals surface area contributed by atoms with Gasteiger partial charge in [-0.1, -0.05) is 24.9 Å². The van der Waals surface area contributed by atoms with Crippen molar-refractivity contribution in [3.8, 4) is 0 Å². The summed E-state index contributed by atoms with van der Waals surface area (Å²) in [6.45, 7) is 7.39. The van der Waals surface area contributed by atoms with Gasteiger partial charge in [-0.25, -0.2) is 4.31 Å². The molecule has 0 aromatic heterocycles. The van der Waals surface area contributed by atoms with E-state index in [0.29, 0.717) is 43.4 Å². The summed E-state index contributed by atoms with van der Waals surface area (Å²) in [6, 6.07) is 6.00. The van der Waals surface area contributed by atoms with Crippen LogP contribution in [-0.2, 0) is 19.7 Å². The van der Waals surface area contributed by atoms with Crippen LogP contribution in [0.15, 0.2) is 18.2 Å². The van der Waals surface area contributed by atoms with Crippen LogP contribution in [0.25, 0.3) is 0 Å². The van der Waals surface area contributed by atoms with Gasteiger partial charge in [-0.2, -0.15) is 0 Å². The topological polar surface area (TPSA) is 65.1 Å². The summed E-state index contributed by atoms with van der Waals surface area (Å²) >= 11 is 3.98. The number of hydrogen-bond donors (Lipinski definition) is 1. The van der Waals surface area contributed by atoms with E-state index in [1.54, 1.807) is 12.1 Å². The van der Waals surface area contributed by atoms with Gasteiger partial charge >= 0.3 is 8.80 Å². The molecule has 1 aliphatic rings. The first-order valence-corrected chi connectivity index (χ1v) is 10.9. The van der Waals surface area contributed by atoms with Gasteiger partial charge < -0.3 is 13.3 Å². The van der Waals surface area contributed by atoms with Crippen molar-refractivity contribution in [2.24, 2.45) is 0 Å². The highest BCUT2D eigenvalue weighted by atomic mass is 32.1. The minimum Gasteiger partial charge on any atom is -0.374 e. The molecule has 0 unspecified atom stereocenters. The smallest absolute Gasteiger partial charge is 0.374 e. The third-order valence-corrected chi connectivity index (χ3v) is 7.52. The first-order valence-electron chi connectivity index (χ1n) is 8.61. The van der Waals surface area contributed by atoms with Crippen LogP contribution in [0.1, 0.15) is 53.5 Å². The fraction of sp³-hybridized carbons (Fsp3) is 0.529. The standard InChI is InChI=1S/C17H25NO5SSi/c1-4-21-25(22-5-2,23-6-3)12-8-10-13-9-7-11-14-15(13)17(20)18(24)16(14)19/h7,9,11,24H,4-6,8,10,12H2,1-3H3. The van der Waals surface area contributed by atoms with Crippen molar-refractivity contribution in [1.29, 1.82) is 0 Å². The number of amides is 2. The highest BCUT2D eigenvalue weighted by Gasteiger charge is 2.40. The van der Waals surface area contributed by atoms with Gasteiger partial charge in [0.05, 0.1) is 11.1 Å². The van der Waals surface area contributed by atoms with E-state index in [2.05, 4.69) is 12.8 Å². The average molecular weight is 384 g/mol. The summed E-state index contributed by atoms with van der Waals surface area (Å²) in [7, 11) is -2.70. The summed E-state index contributed by atoms with van der Waals surface area (Å²) in [4.78, 5) is 24.3. The van der Waals surface area contributed by atoms with E-state index in [-0.39, 0.29) is 11.8 Å². The molecule has 0 radical (unpaired) electrons. The quantitative estimate of drug-likeness (QED) is 0.382. The summed E-state index contributed by atoms with van der Waals surface area (Å²) in [6.07, 6.45) is 1.39. The molecular weight excluding hydrogens is 358 g/mol. The van der Waals surface area contributed by atoms with Gasteiger partial charge in [0.15, 0.2) is 0 Å². The number of thiol groups is 1. The maximum absolute atomic E-state index is 12.3. The second-order valence-corrected chi connectivity index (χ2v) is 8.73. The van der Waals surface area contributed by atoms with Gasteiger partial charge in [0.25, 0.3) is 11.8 Å². The van der Waals surface area contributed by atoms with Gasteiger partial charge in [0.2, 0.25) is 0 Å². The Morgan fingerprint density at radius 1 is 1.00 bits per heavy atom. The lowest BCUT2D eigenvalue weighted by Gasteiger charge is -2.28. The molecule has 0 atom stereocenters. The lowest BCUT2D eigenvalue weighted by Crippen LogP contribution is -2.46. The van der Waals surface area contributed by atoms with Crippen LogP contribution in [-0.4, -0.2) is 44.7 Å². The van der Waals surface area contributed by atoms with Crippen LogP contribution in [0.4, 0.5) is 0 Å². The second-order valence-electron chi connectivity index (χ2n) is 5.60. The zero-order valence-corrected chi connectivity index (χ0v) is 16.8. The molecule has 138 valence electrons. The predicted octanol–water partition coefficient (Wildman–Crippen LogP) is 3.11. The molecule has 0 N–H and O–H groups in total. The molecule has 0 bridgehead atoms. The lowest BCUT2D eigenvalue weighted by molar-refractivity contribution is 0.0707. The molecule has 0 saturated carbocycles. The predicted molar refractivity (Wildman–Crippen MR) is 99.7 cm³/mol. The number of hydrogen-bond acceptors (Lipinski definition) is 6. The van der Waals surface area contributed by atoms with Crippen LogP contribution in [0.5, 0.6) is 0 Å². The molecule has 1 aromatic rings. The van der Waals surface area contributed by atoms with Crippen LogP contribution in [0.2, 0.25) is 6.04 Å². The van der Waals surface area contributed by atoms with Crippen molar-refractivity contribution in [2.45, 2.75) is 39.7 Å². The fourth-order valence-electron chi connectivity index (χ4n) is 3.05. The van der Waals surface area contributed by atoms with E-state index in [0.717, 1.165) is 16.3 Å². The maximum Gasteiger partial charge on any atom is 0.500 e. The van der Waals surface area contributed by atoms with Gasteiger partial charge in [0.1, 0.15) is 0 Å². The van der Waals surface area contributed by atoms with Gasteiger partial charge in [0, 0.05) is 25.9 Å². The Kier molecular flexibility index (Phi) is 7.21. The first kappa shape index (κ1) is 20.1.